The van der Waals surface area contributed by atoms with Crippen molar-refractivity contribution in [3.8, 4) is 0 Å². The Hall–Kier alpha value is -3.26. The first-order chi connectivity index (χ1) is 13.6. The Morgan fingerprint density at radius 1 is 1.14 bits per heavy atom. The molecule has 0 saturated heterocycles. The molecule has 0 amide bonds. The van der Waals surface area contributed by atoms with Crippen LogP contribution in [0.2, 0.25) is 0 Å². The summed E-state index contributed by atoms with van der Waals surface area (Å²) < 4.78 is 3.90. The molecule has 28 heavy (non-hydrogen) atoms. The third kappa shape index (κ3) is 2.56. The number of aliphatic hydroxyl groups is 1. The summed E-state index contributed by atoms with van der Waals surface area (Å²) in [5, 5.41) is 14.7. The molecule has 0 fully saturated rings. The molecule has 3 aromatic heterocycles. The summed E-state index contributed by atoms with van der Waals surface area (Å²) in [6, 6.07) is 10.0. The highest BCUT2D eigenvalue weighted by Crippen LogP contribution is 2.42. The standard InChI is InChI=1S/C20H21N7O/c1-25(10-13-7-8-24-26(13)2)19-18-20(22-11-21-19)27(12-23-18)16-9-17(28)15-6-4-3-5-14(15)16/h3-8,11-12,16-17,28H,9-10H2,1-2H3. The van der Waals surface area contributed by atoms with E-state index in [2.05, 4.69) is 31.0 Å². The number of aryl methyl sites for hydroxylation is 1. The van der Waals surface area contributed by atoms with E-state index in [1.165, 1.54) is 0 Å². The zero-order valence-corrected chi connectivity index (χ0v) is 15.8. The zero-order valence-electron chi connectivity index (χ0n) is 15.8. The fraction of sp³-hybridized carbons (Fsp3) is 0.300. The largest absolute Gasteiger partial charge is 0.388 e. The average Bonchev–Trinajstić information content (AvgIpc) is 3.40. The van der Waals surface area contributed by atoms with Crippen LogP contribution in [-0.4, -0.2) is 41.5 Å². The van der Waals surface area contributed by atoms with Crippen LogP contribution in [0.3, 0.4) is 0 Å². The van der Waals surface area contributed by atoms with Gasteiger partial charge in [-0.25, -0.2) is 15.0 Å². The van der Waals surface area contributed by atoms with Crippen molar-refractivity contribution in [3.63, 3.8) is 0 Å². The van der Waals surface area contributed by atoms with Crippen molar-refractivity contribution >= 4 is 17.0 Å². The minimum atomic E-state index is -0.465. The van der Waals surface area contributed by atoms with Crippen molar-refractivity contribution in [1.29, 1.82) is 0 Å². The molecular formula is C20H21N7O. The first-order valence-corrected chi connectivity index (χ1v) is 9.26. The molecule has 5 rings (SSSR count). The van der Waals surface area contributed by atoms with Crippen LogP contribution in [0, 0.1) is 0 Å². The number of nitrogens with zero attached hydrogens (tertiary/aromatic N) is 7. The van der Waals surface area contributed by atoms with Crippen molar-refractivity contribution in [2.24, 2.45) is 7.05 Å². The molecule has 1 aliphatic rings. The predicted octanol–water partition coefficient (Wildman–Crippen LogP) is 2.22. The smallest absolute Gasteiger partial charge is 0.166 e. The third-order valence-electron chi connectivity index (χ3n) is 5.52. The molecule has 4 aromatic rings. The lowest BCUT2D eigenvalue weighted by atomic mass is 10.1. The van der Waals surface area contributed by atoms with Crippen LogP contribution < -0.4 is 4.90 Å². The van der Waals surface area contributed by atoms with Gasteiger partial charge in [0, 0.05) is 26.7 Å². The lowest BCUT2D eigenvalue weighted by Crippen LogP contribution is -2.20. The van der Waals surface area contributed by atoms with Crippen LogP contribution in [0.15, 0.2) is 49.2 Å². The van der Waals surface area contributed by atoms with Gasteiger partial charge in [-0.15, -0.1) is 0 Å². The molecule has 3 heterocycles. The van der Waals surface area contributed by atoms with Crippen molar-refractivity contribution in [2.75, 3.05) is 11.9 Å². The van der Waals surface area contributed by atoms with Crippen LogP contribution in [0.4, 0.5) is 5.82 Å². The Morgan fingerprint density at radius 2 is 1.96 bits per heavy atom. The molecule has 0 spiro atoms. The summed E-state index contributed by atoms with van der Waals surface area (Å²) in [5.74, 6) is 0.775. The fourth-order valence-corrected chi connectivity index (χ4v) is 4.07. The minimum absolute atomic E-state index is 0.0151. The summed E-state index contributed by atoms with van der Waals surface area (Å²) in [5.41, 5.74) is 4.72. The molecule has 1 aliphatic carbocycles. The molecule has 2 unspecified atom stereocenters. The Bertz CT molecular complexity index is 1150. The van der Waals surface area contributed by atoms with Gasteiger partial charge in [0.25, 0.3) is 0 Å². The van der Waals surface area contributed by atoms with Gasteiger partial charge >= 0.3 is 0 Å². The molecule has 8 nitrogen and oxygen atoms in total. The van der Waals surface area contributed by atoms with Gasteiger partial charge in [-0.2, -0.15) is 5.10 Å². The van der Waals surface area contributed by atoms with Crippen molar-refractivity contribution in [2.45, 2.75) is 25.1 Å². The van der Waals surface area contributed by atoms with Crippen LogP contribution in [0.25, 0.3) is 11.2 Å². The fourth-order valence-electron chi connectivity index (χ4n) is 4.07. The lowest BCUT2D eigenvalue weighted by Gasteiger charge is -2.19. The van der Waals surface area contributed by atoms with Crippen LogP contribution in [0.5, 0.6) is 0 Å². The van der Waals surface area contributed by atoms with Gasteiger partial charge in [0.2, 0.25) is 0 Å². The summed E-state index contributed by atoms with van der Waals surface area (Å²) in [6.45, 7) is 0.667. The van der Waals surface area contributed by atoms with E-state index in [1.54, 1.807) is 18.9 Å². The summed E-state index contributed by atoms with van der Waals surface area (Å²) in [7, 11) is 3.92. The van der Waals surface area contributed by atoms with Crippen LogP contribution in [0.1, 0.15) is 35.4 Å². The van der Waals surface area contributed by atoms with E-state index >= 15 is 0 Å². The van der Waals surface area contributed by atoms with Gasteiger partial charge in [0.05, 0.1) is 30.7 Å². The normalized spacial score (nSPS) is 18.5. The third-order valence-corrected chi connectivity index (χ3v) is 5.52. The van der Waals surface area contributed by atoms with E-state index in [4.69, 9.17) is 0 Å². The Balaban J connectivity index is 1.54. The van der Waals surface area contributed by atoms with Gasteiger partial charge in [0.15, 0.2) is 17.0 Å². The zero-order chi connectivity index (χ0) is 19.3. The number of benzene rings is 1. The van der Waals surface area contributed by atoms with Gasteiger partial charge in [0.1, 0.15) is 6.33 Å². The molecule has 142 valence electrons. The number of hydrogen-bond donors (Lipinski definition) is 1. The molecule has 0 radical (unpaired) electrons. The number of rotatable bonds is 4. The van der Waals surface area contributed by atoms with Crippen molar-refractivity contribution < 1.29 is 5.11 Å². The second kappa shape index (κ2) is 6.42. The van der Waals surface area contributed by atoms with Gasteiger partial charge in [-0.05, 0) is 17.2 Å². The number of aromatic nitrogens is 6. The van der Waals surface area contributed by atoms with Crippen molar-refractivity contribution in [3.05, 3.63) is 66.0 Å². The molecule has 1 N–H and O–H groups in total. The Kier molecular flexibility index (Phi) is 3.87. The van der Waals surface area contributed by atoms with E-state index in [0.29, 0.717) is 13.0 Å². The second-order valence-corrected chi connectivity index (χ2v) is 7.22. The van der Waals surface area contributed by atoms with Crippen molar-refractivity contribution in [1.82, 2.24) is 29.3 Å². The maximum absolute atomic E-state index is 10.5. The molecular weight excluding hydrogens is 354 g/mol. The SMILES string of the molecule is CN(Cc1ccnn1C)c1ncnc2c1ncn2C1CC(O)c2ccccc21. The van der Waals surface area contributed by atoms with E-state index in [0.717, 1.165) is 33.8 Å². The predicted molar refractivity (Wildman–Crippen MR) is 105 cm³/mol. The first-order valence-electron chi connectivity index (χ1n) is 9.26. The summed E-state index contributed by atoms with van der Waals surface area (Å²) in [6.07, 6.45) is 5.32. The number of imidazole rings is 1. The van der Waals surface area contributed by atoms with Gasteiger partial charge < -0.3 is 14.6 Å². The monoisotopic (exact) mass is 375 g/mol. The highest BCUT2D eigenvalue weighted by Gasteiger charge is 2.32. The molecule has 1 aromatic carbocycles. The van der Waals surface area contributed by atoms with E-state index in [1.807, 2.05) is 47.6 Å². The molecule has 0 aliphatic heterocycles. The van der Waals surface area contributed by atoms with Crippen LogP contribution >= 0.6 is 0 Å². The van der Waals surface area contributed by atoms with E-state index in [9.17, 15) is 5.11 Å². The van der Waals surface area contributed by atoms with E-state index < -0.39 is 6.10 Å². The maximum Gasteiger partial charge on any atom is 0.166 e. The van der Waals surface area contributed by atoms with E-state index in [-0.39, 0.29) is 6.04 Å². The highest BCUT2D eigenvalue weighted by atomic mass is 16.3. The average molecular weight is 375 g/mol. The second-order valence-electron chi connectivity index (χ2n) is 7.22. The molecule has 0 saturated carbocycles. The molecule has 0 bridgehead atoms. The van der Waals surface area contributed by atoms with Crippen LogP contribution in [-0.2, 0) is 13.6 Å². The summed E-state index contributed by atoms with van der Waals surface area (Å²) in [4.78, 5) is 15.7. The number of anilines is 1. The van der Waals surface area contributed by atoms with Gasteiger partial charge in [-0.1, -0.05) is 24.3 Å². The minimum Gasteiger partial charge on any atom is -0.388 e. The number of aliphatic hydroxyl groups excluding tert-OH is 1. The quantitative estimate of drug-likeness (QED) is 0.589. The molecule has 8 heteroatoms. The topological polar surface area (TPSA) is 84.9 Å². The maximum atomic E-state index is 10.5. The highest BCUT2D eigenvalue weighted by molar-refractivity contribution is 5.83. The lowest BCUT2D eigenvalue weighted by molar-refractivity contribution is 0.170. The van der Waals surface area contributed by atoms with Gasteiger partial charge in [-0.3, -0.25) is 4.68 Å². The Labute approximate surface area is 162 Å². The molecule has 2 atom stereocenters. The Morgan fingerprint density at radius 3 is 2.75 bits per heavy atom. The summed E-state index contributed by atoms with van der Waals surface area (Å²) >= 11 is 0. The number of fused-ring (bicyclic) bond motifs is 2. The number of hydrogen-bond acceptors (Lipinski definition) is 6. The first kappa shape index (κ1) is 16.9.